The molecule has 0 aromatic heterocycles. The summed E-state index contributed by atoms with van der Waals surface area (Å²) in [4.78, 5) is 34.6. The maximum atomic E-state index is 11.3. The molecule has 0 aliphatic rings. The standard InChI is InChI=1S/C11H17N3O4/c1-4-5-8(10(16)17)13-11(18)12-7-6-9(15)14(2)3/h1,8H,5-7H2,2-3H3,(H,16,17)(H2,12,13,18). The van der Waals surface area contributed by atoms with Crippen molar-refractivity contribution in [3.05, 3.63) is 0 Å². The lowest BCUT2D eigenvalue weighted by atomic mass is 10.2. The minimum absolute atomic E-state index is 0.0978. The van der Waals surface area contributed by atoms with Crippen LogP contribution in [0.5, 0.6) is 0 Å². The van der Waals surface area contributed by atoms with Gasteiger partial charge in [-0.15, -0.1) is 12.3 Å². The molecule has 0 rings (SSSR count). The van der Waals surface area contributed by atoms with Gasteiger partial charge < -0.3 is 20.6 Å². The minimum atomic E-state index is -1.20. The van der Waals surface area contributed by atoms with E-state index in [4.69, 9.17) is 11.5 Å². The molecule has 7 nitrogen and oxygen atoms in total. The molecule has 0 heterocycles. The molecular formula is C11H17N3O4. The highest BCUT2D eigenvalue weighted by Crippen LogP contribution is 1.91. The normalized spacial score (nSPS) is 10.9. The summed E-state index contributed by atoms with van der Waals surface area (Å²) < 4.78 is 0. The number of nitrogens with zero attached hydrogens (tertiary/aromatic N) is 1. The second-order valence-corrected chi connectivity index (χ2v) is 3.74. The molecule has 0 radical (unpaired) electrons. The summed E-state index contributed by atoms with van der Waals surface area (Å²) in [6.45, 7) is 0.130. The molecule has 100 valence electrons. The first-order valence-electron chi connectivity index (χ1n) is 5.29. The van der Waals surface area contributed by atoms with E-state index in [0.717, 1.165) is 0 Å². The quantitative estimate of drug-likeness (QED) is 0.543. The van der Waals surface area contributed by atoms with Crippen molar-refractivity contribution in [1.29, 1.82) is 0 Å². The SMILES string of the molecule is C#CCC(NC(=O)NCCC(=O)N(C)C)C(=O)O. The van der Waals surface area contributed by atoms with Crippen molar-refractivity contribution in [3.8, 4) is 12.3 Å². The number of amides is 3. The largest absolute Gasteiger partial charge is 0.480 e. The van der Waals surface area contributed by atoms with Crippen LogP contribution in [0.15, 0.2) is 0 Å². The summed E-state index contributed by atoms with van der Waals surface area (Å²) in [5, 5.41) is 13.3. The zero-order valence-corrected chi connectivity index (χ0v) is 10.4. The van der Waals surface area contributed by atoms with E-state index in [1.807, 2.05) is 0 Å². The lowest BCUT2D eigenvalue weighted by Crippen LogP contribution is -2.46. The minimum Gasteiger partial charge on any atom is -0.480 e. The number of rotatable bonds is 6. The highest BCUT2D eigenvalue weighted by Gasteiger charge is 2.18. The molecule has 0 saturated heterocycles. The van der Waals surface area contributed by atoms with Gasteiger partial charge in [0.2, 0.25) is 5.91 Å². The molecule has 0 spiro atoms. The molecule has 3 amide bonds. The second kappa shape index (κ2) is 7.95. The second-order valence-electron chi connectivity index (χ2n) is 3.74. The van der Waals surface area contributed by atoms with E-state index in [2.05, 4.69) is 16.6 Å². The Morgan fingerprint density at radius 1 is 1.39 bits per heavy atom. The van der Waals surface area contributed by atoms with E-state index >= 15 is 0 Å². The Morgan fingerprint density at radius 2 is 2.00 bits per heavy atom. The monoisotopic (exact) mass is 255 g/mol. The topological polar surface area (TPSA) is 98.7 Å². The van der Waals surface area contributed by atoms with Gasteiger partial charge in [0.15, 0.2) is 0 Å². The van der Waals surface area contributed by atoms with E-state index in [-0.39, 0.29) is 25.3 Å². The third kappa shape index (κ3) is 6.37. The number of carbonyl (C=O) groups is 3. The van der Waals surface area contributed by atoms with Crippen molar-refractivity contribution < 1.29 is 19.5 Å². The number of carboxylic acids is 1. The lowest BCUT2D eigenvalue weighted by molar-refractivity contribution is -0.139. The zero-order valence-electron chi connectivity index (χ0n) is 10.4. The fourth-order valence-corrected chi connectivity index (χ4v) is 1.03. The predicted octanol–water partition coefficient (Wildman–Crippen LogP) is -0.760. The molecule has 0 aromatic carbocycles. The first-order chi connectivity index (χ1) is 8.38. The van der Waals surface area contributed by atoms with E-state index in [0.29, 0.717) is 0 Å². The van der Waals surface area contributed by atoms with Crippen LogP contribution in [0.3, 0.4) is 0 Å². The Balaban J connectivity index is 4.00. The fourth-order valence-electron chi connectivity index (χ4n) is 1.03. The third-order valence-corrected chi connectivity index (χ3v) is 2.05. The summed E-state index contributed by atoms with van der Waals surface area (Å²) in [7, 11) is 3.21. The molecule has 1 unspecified atom stereocenters. The summed E-state index contributed by atoms with van der Waals surface area (Å²) in [6, 6.07) is -1.79. The summed E-state index contributed by atoms with van der Waals surface area (Å²) in [5.41, 5.74) is 0. The van der Waals surface area contributed by atoms with Gasteiger partial charge in [0.25, 0.3) is 0 Å². The summed E-state index contributed by atoms with van der Waals surface area (Å²) >= 11 is 0. The maximum Gasteiger partial charge on any atom is 0.327 e. The molecule has 1 atom stereocenters. The van der Waals surface area contributed by atoms with Crippen LogP contribution in [-0.2, 0) is 9.59 Å². The lowest BCUT2D eigenvalue weighted by Gasteiger charge is -2.13. The van der Waals surface area contributed by atoms with Crippen LogP contribution in [-0.4, -0.2) is 54.6 Å². The van der Waals surface area contributed by atoms with Crippen LogP contribution in [0.2, 0.25) is 0 Å². The van der Waals surface area contributed by atoms with E-state index < -0.39 is 18.0 Å². The van der Waals surface area contributed by atoms with Gasteiger partial charge in [0, 0.05) is 33.5 Å². The van der Waals surface area contributed by atoms with E-state index in [1.165, 1.54) is 4.90 Å². The van der Waals surface area contributed by atoms with Crippen molar-refractivity contribution in [3.63, 3.8) is 0 Å². The predicted molar refractivity (Wildman–Crippen MR) is 64.7 cm³/mol. The van der Waals surface area contributed by atoms with E-state index in [9.17, 15) is 14.4 Å². The van der Waals surface area contributed by atoms with Gasteiger partial charge in [-0.05, 0) is 0 Å². The van der Waals surface area contributed by atoms with Crippen LogP contribution < -0.4 is 10.6 Å². The Hall–Kier alpha value is -2.23. The van der Waals surface area contributed by atoms with Gasteiger partial charge in [-0.1, -0.05) is 0 Å². The molecular weight excluding hydrogens is 238 g/mol. The number of carbonyl (C=O) groups excluding carboxylic acids is 2. The van der Waals surface area contributed by atoms with Crippen LogP contribution in [0.4, 0.5) is 4.79 Å². The number of hydrogen-bond acceptors (Lipinski definition) is 3. The van der Waals surface area contributed by atoms with Gasteiger partial charge >= 0.3 is 12.0 Å². The molecule has 18 heavy (non-hydrogen) atoms. The van der Waals surface area contributed by atoms with Gasteiger partial charge in [0.1, 0.15) is 6.04 Å². The number of urea groups is 1. The molecule has 3 N–H and O–H groups in total. The number of carboxylic acid groups (broad SMARTS) is 1. The maximum absolute atomic E-state index is 11.3. The number of hydrogen-bond donors (Lipinski definition) is 3. The summed E-state index contributed by atoms with van der Waals surface area (Å²) in [5.74, 6) is 0.827. The number of aliphatic carboxylic acids is 1. The molecule has 0 aliphatic carbocycles. The van der Waals surface area contributed by atoms with Crippen LogP contribution in [0.25, 0.3) is 0 Å². The van der Waals surface area contributed by atoms with Gasteiger partial charge in [-0.25, -0.2) is 9.59 Å². The van der Waals surface area contributed by atoms with Crippen LogP contribution in [0, 0.1) is 12.3 Å². The fraction of sp³-hybridized carbons (Fsp3) is 0.545. The average molecular weight is 255 g/mol. The van der Waals surface area contributed by atoms with Gasteiger partial charge in [-0.2, -0.15) is 0 Å². The highest BCUT2D eigenvalue weighted by atomic mass is 16.4. The molecule has 7 heteroatoms. The van der Waals surface area contributed by atoms with Crippen molar-refractivity contribution in [2.45, 2.75) is 18.9 Å². The Labute approximate surface area is 106 Å². The van der Waals surface area contributed by atoms with Gasteiger partial charge in [0.05, 0.1) is 0 Å². The molecule has 0 aliphatic heterocycles. The Bertz CT molecular complexity index is 360. The molecule has 0 fully saturated rings. The van der Waals surface area contributed by atoms with Crippen LogP contribution >= 0.6 is 0 Å². The number of terminal acetylenes is 1. The first kappa shape index (κ1) is 15.8. The van der Waals surface area contributed by atoms with Gasteiger partial charge in [-0.3, -0.25) is 4.79 Å². The van der Waals surface area contributed by atoms with Crippen molar-refractivity contribution >= 4 is 17.9 Å². The zero-order chi connectivity index (χ0) is 14.1. The molecule has 0 aromatic rings. The summed E-state index contributed by atoms with van der Waals surface area (Å²) in [6.07, 6.45) is 5.03. The first-order valence-corrected chi connectivity index (χ1v) is 5.29. The van der Waals surface area contributed by atoms with Crippen molar-refractivity contribution in [1.82, 2.24) is 15.5 Å². The Kier molecular flexibility index (Phi) is 6.96. The smallest absolute Gasteiger partial charge is 0.327 e. The Morgan fingerprint density at radius 3 is 2.44 bits per heavy atom. The van der Waals surface area contributed by atoms with E-state index in [1.54, 1.807) is 14.1 Å². The third-order valence-electron chi connectivity index (χ3n) is 2.05. The van der Waals surface area contributed by atoms with Crippen molar-refractivity contribution in [2.24, 2.45) is 0 Å². The number of nitrogens with one attached hydrogen (secondary N) is 2. The molecule has 0 bridgehead atoms. The average Bonchev–Trinajstić information content (AvgIpc) is 2.27. The molecule has 0 saturated carbocycles. The highest BCUT2D eigenvalue weighted by molar-refractivity contribution is 5.83. The van der Waals surface area contributed by atoms with Crippen LogP contribution in [0.1, 0.15) is 12.8 Å². The van der Waals surface area contributed by atoms with Crippen molar-refractivity contribution in [2.75, 3.05) is 20.6 Å².